The number of benzene rings is 2. The van der Waals surface area contributed by atoms with Crippen LogP contribution in [0.3, 0.4) is 0 Å². The molecule has 1 aromatic heterocycles. The molecule has 4 heteroatoms. The SMILES string of the molecule is CCCCCCN(CCCCCC)C(=O)Cc1cn(Cc2ccccc2Br)c2ccccc12. The molecule has 0 N–H and O–H groups in total. The Bertz CT molecular complexity index is 998. The molecule has 2 aromatic carbocycles. The number of halogens is 1. The average Bonchev–Trinajstić information content (AvgIpc) is 3.16. The van der Waals surface area contributed by atoms with E-state index in [1.54, 1.807) is 0 Å². The number of rotatable bonds is 14. The van der Waals surface area contributed by atoms with Crippen molar-refractivity contribution in [3.63, 3.8) is 0 Å². The van der Waals surface area contributed by atoms with Crippen molar-refractivity contribution in [3.05, 3.63) is 70.3 Å². The molecule has 0 radical (unpaired) electrons. The minimum absolute atomic E-state index is 0.270. The molecule has 0 aliphatic rings. The lowest BCUT2D eigenvalue weighted by atomic mass is 10.1. The molecule has 3 nitrogen and oxygen atoms in total. The molecule has 0 saturated heterocycles. The van der Waals surface area contributed by atoms with Crippen LogP contribution in [0.1, 0.15) is 76.3 Å². The highest BCUT2D eigenvalue weighted by atomic mass is 79.9. The van der Waals surface area contributed by atoms with Gasteiger partial charge in [0.05, 0.1) is 6.42 Å². The molecule has 1 amide bonds. The summed E-state index contributed by atoms with van der Waals surface area (Å²) in [6.07, 6.45) is 12.2. The lowest BCUT2D eigenvalue weighted by molar-refractivity contribution is -0.130. The highest BCUT2D eigenvalue weighted by Gasteiger charge is 2.17. The van der Waals surface area contributed by atoms with E-state index >= 15 is 0 Å². The number of carbonyl (C=O) groups is 1. The van der Waals surface area contributed by atoms with Gasteiger partial charge in [0, 0.05) is 41.2 Å². The molecule has 1 heterocycles. The lowest BCUT2D eigenvalue weighted by Crippen LogP contribution is -2.34. The maximum absolute atomic E-state index is 13.4. The summed E-state index contributed by atoms with van der Waals surface area (Å²) in [5.41, 5.74) is 3.56. The Balaban J connectivity index is 1.76. The number of hydrogen-bond donors (Lipinski definition) is 0. The van der Waals surface area contributed by atoms with E-state index in [0.29, 0.717) is 6.42 Å². The number of para-hydroxylation sites is 1. The molecular formula is C29H39BrN2O. The van der Waals surface area contributed by atoms with Crippen molar-refractivity contribution in [1.29, 1.82) is 0 Å². The quantitative estimate of drug-likeness (QED) is 0.201. The maximum Gasteiger partial charge on any atom is 0.227 e. The number of fused-ring (bicyclic) bond motifs is 1. The van der Waals surface area contributed by atoms with Gasteiger partial charge in [0.1, 0.15) is 0 Å². The monoisotopic (exact) mass is 510 g/mol. The van der Waals surface area contributed by atoms with Gasteiger partial charge in [-0.15, -0.1) is 0 Å². The summed E-state index contributed by atoms with van der Waals surface area (Å²) in [6, 6.07) is 16.8. The molecule has 0 saturated carbocycles. The van der Waals surface area contributed by atoms with Crippen molar-refractivity contribution >= 4 is 32.7 Å². The van der Waals surface area contributed by atoms with Crippen LogP contribution in [0.25, 0.3) is 10.9 Å². The van der Waals surface area contributed by atoms with Crippen LogP contribution in [-0.4, -0.2) is 28.5 Å². The van der Waals surface area contributed by atoms with Gasteiger partial charge in [0.25, 0.3) is 0 Å². The summed E-state index contributed by atoms with van der Waals surface area (Å²) >= 11 is 3.68. The largest absolute Gasteiger partial charge is 0.343 e. The molecular weight excluding hydrogens is 472 g/mol. The zero-order valence-corrected chi connectivity index (χ0v) is 21.9. The molecule has 0 fully saturated rings. The Labute approximate surface area is 208 Å². The minimum atomic E-state index is 0.270. The Morgan fingerprint density at radius 2 is 1.45 bits per heavy atom. The third-order valence-corrected chi connectivity index (χ3v) is 7.20. The van der Waals surface area contributed by atoms with Crippen LogP contribution in [0, 0.1) is 0 Å². The summed E-state index contributed by atoms with van der Waals surface area (Å²) in [7, 11) is 0. The van der Waals surface area contributed by atoms with Gasteiger partial charge in [0.15, 0.2) is 0 Å². The van der Waals surface area contributed by atoms with Crippen molar-refractivity contribution in [2.24, 2.45) is 0 Å². The fourth-order valence-electron chi connectivity index (χ4n) is 4.50. The molecule has 178 valence electrons. The van der Waals surface area contributed by atoms with Crippen LogP contribution >= 0.6 is 15.9 Å². The fraction of sp³-hybridized carbons (Fsp3) is 0.483. The lowest BCUT2D eigenvalue weighted by Gasteiger charge is -2.23. The van der Waals surface area contributed by atoms with Crippen LogP contribution in [-0.2, 0) is 17.8 Å². The third-order valence-electron chi connectivity index (χ3n) is 6.43. The Morgan fingerprint density at radius 1 is 0.818 bits per heavy atom. The van der Waals surface area contributed by atoms with E-state index in [2.05, 4.69) is 87.9 Å². The predicted molar refractivity (Wildman–Crippen MR) is 144 cm³/mol. The number of carbonyl (C=O) groups excluding carboxylic acids is 1. The number of aromatic nitrogens is 1. The second-order valence-electron chi connectivity index (χ2n) is 9.07. The molecule has 3 aromatic rings. The third kappa shape index (κ3) is 7.46. The van der Waals surface area contributed by atoms with E-state index in [0.717, 1.165) is 42.5 Å². The standard InChI is InChI=1S/C29H39BrN2O/c1-3-5-7-13-19-31(20-14-8-6-4-2)29(33)21-25-23-32(28-18-12-10-16-26(25)28)22-24-15-9-11-17-27(24)30/h9-12,15-18,23H,3-8,13-14,19-22H2,1-2H3. The summed E-state index contributed by atoms with van der Waals surface area (Å²) in [5.74, 6) is 0.270. The number of nitrogens with zero attached hydrogens (tertiary/aromatic N) is 2. The molecule has 0 spiro atoms. The molecule has 0 bridgehead atoms. The summed E-state index contributed by atoms with van der Waals surface area (Å²) in [4.78, 5) is 15.5. The number of unbranched alkanes of at least 4 members (excludes halogenated alkanes) is 6. The molecule has 0 aliphatic heterocycles. The van der Waals surface area contributed by atoms with E-state index < -0.39 is 0 Å². The van der Waals surface area contributed by atoms with Crippen LogP contribution in [0.15, 0.2) is 59.2 Å². The van der Waals surface area contributed by atoms with Gasteiger partial charge in [-0.2, -0.15) is 0 Å². The van der Waals surface area contributed by atoms with Crippen LogP contribution in [0.2, 0.25) is 0 Å². The highest BCUT2D eigenvalue weighted by molar-refractivity contribution is 9.10. The topological polar surface area (TPSA) is 25.2 Å². The second kappa shape index (κ2) is 13.6. The van der Waals surface area contributed by atoms with Crippen molar-refractivity contribution in [2.45, 2.75) is 78.2 Å². The highest BCUT2D eigenvalue weighted by Crippen LogP contribution is 2.25. The van der Waals surface area contributed by atoms with E-state index in [1.165, 1.54) is 55.0 Å². The van der Waals surface area contributed by atoms with Crippen molar-refractivity contribution in [1.82, 2.24) is 9.47 Å². The smallest absolute Gasteiger partial charge is 0.227 e. The molecule has 0 aliphatic carbocycles. The molecule has 0 unspecified atom stereocenters. The maximum atomic E-state index is 13.4. The average molecular weight is 512 g/mol. The first-order valence-electron chi connectivity index (χ1n) is 12.7. The fourth-order valence-corrected chi connectivity index (χ4v) is 4.91. The molecule has 0 atom stereocenters. The van der Waals surface area contributed by atoms with E-state index in [-0.39, 0.29) is 5.91 Å². The van der Waals surface area contributed by atoms with Gasteiger partial charge in [0.2, 0.25) is 5.91 Å². The number of hydrogen-bond acceptors (Lipinski definition) is 1. The first-order valence-corrected chi connectivity index (χ1v) is 13.5. The van der Waals surface area contributed by atoms with Gasteiger partial charge in [-0.05, 0) is 36.1 Å². The van der Waals surface area contributed by atoms with Crippen LogP contribution in [0.5, 0.6) is 0 Å². The molecule has 33 heavy (non-hydrogen) atoms. The zero-order chi connectivity index (χ0) is 23.5. The van der Waals surface area contributed by atoms with Gasteiger partial charge in [-0.25, -0.2) is 0 Å². The zero-order valence-electron chi connectivity index (χ0n) is 20.4. The molecule has 3 rings (SSSR count). The number of amides is 1. The van der Waals surface area contributed by atoms with Gasteiger partial charge in [-0.3, -0.25) is 4.79 Å². The van der Waals surface area contributed by atoms with Gasteiger partial charge in [-0.1, -0.05) is 105 Å². The van der Waals surface area contributed by atoms with Crippen LogP contribution < -0.4 is 0 Å². The Kier molecular flexibility index (Phi) is 10.5. The summed E-state index contributed by atoms with van der Waals surface area (Å²) in [5, 5.41) is 1.19. The van der Waals surface area contributed by atoms with Crippen LogP contribution in [0.4, 0.5) is 0 Å². The van der Waals surface area contributed by atoms with Gasteiger partial charge < -0.3 is 9.47 Å². The first-order chi connectivity index (χ1) is 16.1. The van der Waals surface area contributed by atoms with E-state index in [4.69, 9.17) is 0 Å². The second-order valence-corrected chi connectivity index (χ2v) is 9.92. The summed E-state index contributed by atoms with van der Waals surface area (Å²) in [6.45, 7) is 7.03. The van der Waals surface area contributed by atoms with Crippen molar-refractivity contribution in [2.75, 3.05) is 13.1 Å². The Hall–Kier alpha value is -2.07. The normalized spacial score (nSPS) is 11.2. The van der Waals surface area contributed by atoms with E-state index in [9.17, 15) is 4.79 Å². The van der Waals surface area contributed by atoms with Crippen molar-refractivity contribution < 1.29 is 4.79 Å². The minimum Gasteiger partial charge on any atom is -0.343 e. The van der Waals surface area contributed by atoms with Crippen molar-refractivity contribution in [3.8, 4) is 0 Å². The Morgan fingerprint density at radius 3 is 2.12 bits per heavy atom. The predicted octanol–water partition coefficient (Wildman–Crippen LogP) is 7.98. The van der Waals surface area contributed by atoms with E-state index in [1.807, 2.05) is 6.07 Å². The summed E-state index contributed by atoms with van der Waals surface area (Å²) < 4.78 is 3.40. The van der Waals surface area contributed by atoms with Gasteiger partial charge >= 0.3 is 0 Å². The first kappa shape index (κ1) is 25.6.